The van der Waals surface area contributed by atoms with Crippen molar-refractivity contribution < 1.29 is 0 Å². The Morgan fingerprint density at radius 3 is 2.05 bits per heavy atom. The topological polar surface area (TPSA) is 24.4 Å². The summed E-state index contributed by atoms with van der Waals surface area (Å²) in [5.41, 5.74) is 4.03. The highest BCUT2D eigenvalue weighted by atomic mass is 35.5. The van der Waals surface area contributed by atoms with Crippen LogP contribution in [0, 0.1) is 0 Å². The lowest BCUT2D eigenvalue weighted by Gasteiger charge is -2.06. The molecule has 7 heteroatoms. The molecule has 0 aliphatic heterocycles. The molecule has 0 fully saturated rings. The van der Waals surface area contributed by atoms with Crippen molar-refractivity contribution in [3.8, 4) is 0 Å². The van der Waals surface area contributed by atoms with Crippen LogP contribution < -0.4 is 5.43 Å². The molecule has 2 aromatic rings. The third kappa shape index (κ3) is 3.94. The molecule has 20 heavy (non-hydrogen) atoms. The van der Waals surface area contributed by atoms with Crippen molar-refractivity contribution in [2.45, 2.75) is 0 Å². The van der Waals surface area contributed by atoms with Crippen LogP contribution in [0.15, 0.2) is 35.4 Å². The molecule has 1 N–H and O–H groups in total. The average Bonchev–Trinajstić information content (AvgIpc) is 2.36. The van der Waals surface area contributed by atoms with E-state index in [2.05, 4.69) is 10.5 Å². The van der Waals surface area contributed by atoms with Gasteiger partial charge in [-0.25, -0.2) is 0 Å². The second-order valence-electron chi connectivity index (χ2n) is 3.79. The number of hydrazone groups is 1. The van der Waals surface area contributed by atoms with Crippen molar-refractivity contribution in [3.05, 3.63) is 61.0 Å². The number of halogens is 5. The summed E-state index contributed by atoms with van der Waals surface area (Å²) in [7, 11) is 0. The molecular formula is C13H7Cl5N2. The van der Waals surface area contributed by atoms with Gasteiger partial charge in [-0.1, -0.05) is 64.1 Å². The van der Waals surface area contributed by atoms with E-state index in [1.165, 1.54) is 0 Å². The fraction of sp³-hybridized carbons (Fsp3) is 0. The lowest BCUT2D eigenvalue weighted by Crippen LogP contribution is -1.93. The number of benzene rings is 2. The molecule has 0 unspecified atom stereocenters. The van der Waals surface area contributed by atoms with Crippen LogP contribution in [0.1, 0.15) is 5.56 Å². The van der Waals surface area contributed by atoms with Crippen LogP contribution in [0.4, 0.5) is 5.69 Å². The third-order valence-electron chi connectivity index (χ3n) is 2.34. The molecule has 0 saturated heterocycles. The monoisotopic (exact) mass is 366 g/mol. The number of hydrogen-bond donors (Lipinski definition) is 1. The van der Waals surface area contributed by atoms with Gasteiger partial charge in [0.15, 0.2) is 0 Å². The van der Waals surface area contributed by atoms with Crippen LogP contribution in [-0.4, -0.2) is 6.21 Å². The second-order valence-corrected chi connectivity index (χ2v) is 5.85. The van der Waals surface area contributed by atoms with Gasteiger partial charge in [0.25, 0.3) is 0 Å². The molecule has 0 bridgehead atoms. The first-order valence-electron chi connectivity index (χ1n) is 5.36. The van der Waals surface area contributed by atoms with Crippen LogP contribution in [-0.2, 0) is 0 Å². The first-order chi connectivity index (χ1) is 9.47. The Labute approximate surface area is 141 Å². The van der Waals surface area contributed by atoms with Gasteiger partial charge in [-0.2, -0.15) is 5.10 Å². The standard InChI is InChI=1S/C13H7Cl5N2/c14-8-4-11(17)13(12(18)5-8)20-19-6-7-1-2-9(15)10(16)3-7/h1-6,20H. The average molecular weight is 368 g/mol. The number of rotatable bonds is 3. The van der Waals surface area contributed by atoms with E-state index < -0.39 is 0 Å². The van der Waals surface area contributed by atoms with Crippen LogP contribution in [0.2, 0.25) is 25.1 Å². The minimum atomic E-state index is 0.383. The molecule has 2 nitrogen and oxygen atoms in total. The van der Waals surface area contributed by atoms with E-state index in [1.54, 1.807) is 36.5 Å². The summed E-state index contributed by atoms with van der Waals surface area (Å²) in [5.74, 6) is 0. The molecule has 0 atom stereocenters. The zero-order chi connectivity index (χ0) is 14.7. The van der Waals surface area contributed by atoms with E-state index in [9.17, 15) is 0 Å². The lowest BCUT2D eigenvalue weighted by molar-refractivity contribution is 1.35. The zero-order valence-corrected chi connectivity index (χ0v) is 13.6. The minimum absolute atomic E-state index is 0.383. The highest BCUT2D eigenvalue weighted by molar-refractivity contribution is 6.42. The van der Waals surface area contributed by atoms with E-state index in [1.807, 2.05) is 0 Å². The molecule has 0 radical (unpaired) electrons. The van der Waals surface area contributed by atoms with Gasteiger partial charge >= 0.3 is 0 Å². The summed E-state index contributed by atoms with van der Waals surface area (Å²) in [5, 5.41) is 6.21. The molecule has 0 aliphatic carbocycles. The second kappa shape index (κ2) is 6.88. The van der Waals surface area contributed by atoms with E-state index in [0.717, 1.165) is 5.56 Å². The van der Waals surface area contributed by atoms with Crippen molar-refractivity contribution in [1.29, 1.82) is 0 Å². The minimum Gasteiger partial charge on any atom is -0.275 e. The molecule has 0 heterocycles. The van der Waals surface area contributed by atoms with E-state index in [-0.39, 0.29) is 0 Å². The molecule has 0 aliphatic rings. The Morgan fingerprint density at radius 2 is 1.45 bits per heavy atom. The van der Waals surface area contributed by atoms with Gasteiger partial charge in [0, 0.05) is 5.02 Å². The predicted octanol–water partition coefficient (Wildman–Crippen LogP) is 6.40. The number of nitrogens with zero attached hydrogens (tertiary/aromatic N) is 1. The van der Waals surface area contributed by atoms with Crippen LogP contribution >= 0.6 is 58.0 Å². The molecule has 0 amide bonds. The molecule has 2 aromatic carbocycles. The summed E-state index contributed by atoms with van der Waals surface area (Å²) < 4.78 is 0. The third-order valence-corrected chi connectivity index (χ3v) is 3.89. The fourth-order valence-electron chi connectivity index (χ4n) is 1.41. The van der Waals surface area contributed by atoms with Gasteiger partial charge in [-0.05, 0) is 29.8 Å². The molecule has 0 saturated carbocycles. The zero-order valence-electron chi connectivity index (χ0n) is 9.80. The summed E-state index contributed by atoms with van der Waals surface area (Å²) in [6.07, 6.45) is 1.57. The van der Waals surface area contributed by atoms with Gasteiger partial charge in [0.2, 0.25) is 0 Å². The van der Waals surface area contributed by atoms with Crippen molar-refractivity contribution in [1.82, 2.24) is 0 Å². The molecular weight excluding hydrogens is 361 g/mol. The van der Waals surface area contributed by atoms with Gasteiger partial charge < -0.3 is 0 Å². The molecule has 0 spiro atoms. The van der Waals surface area contributed by atoms with Crippen molar-refractivity contribution in [2.75, 3.05) is 5.43 Å². The maximum absolute atomic E-state index is 6.02. The highest BCUT2D eigenvalue weighted by Gasteiger charge is 2.06. The fourth-order valence-corrected chi connectivity index (χ4v) is 2.62. The van der Waals surface area contributed by atoms with Crippen molar-refractivity contribution >= 4 is 69.9 Å². The van der Waals surface area contributed by atoms with Crippen LogP contribution in [0.5, 0.6) is 0 Å². The Kier molecular flexibility index (Phi) is 5.42. The summed E-state index contributed by atoms with van der Waals surface area (Å²) in [6.45, 7) is 0. The molecule has 2 rings (SSSR count). The van der Waals surface area contributed by atoms with E-state index in [0.29, 0.717) is 30.8 Å². The quantitative estimate of drug-likeness (QED) is 0.492. The Bertz CT molecular complexity index is 647. The normalized spacial score (nSPS) is 11.1. The lowest BCUT2D eigenvalue weighted by atomic mass is 10.2. The largest absolute Gasteiger partial charge is 0.275 e. The predicted molar refractivity (Wildman–Crippen MR) is 89.2 cm³/mol. The van der Waals surface area contributed by atoms with Crippen molar-refractivity contribution in [2.24, 2.45) is 5.10 Å². The maximum atomic E-state index is 6.02. The van der Waals surface area contributed by atoms with Gasteiger partial charge in [-0.15, -0.1) is 0 Å². The van der Waals surface area contributed by atoms with Crippen molar-refractivity contribution in [3.63, 3.8) is 0 Å². The molecule has 104 valence electrons. The number of anilines is 1. The first-order valence-corrected chi connectivity index (χ1v) is 7.25. The smallest absolute Gasteiger partial charge is 0.0935 e. The Balaban J connectivity index is 2.16. The van der Waals surface area contributed by atoms with E-state index >= 15 is 0 Å². The summed E-state index contributed by atoms with van der Waals surface area (Å²) in [4.78, 5) is 0. The Hall–Kier alpha value is -0.640. The van der Waals surface area contributed by atoms with E-state index in [4.69, 9.17) is 58.0 Å². The number of hydrogen-bond acceptors (Lipinski definition) is 2. The Morgan fingerprint density at radius 1 is 0.800 bits per heavy atom. The van der Waals surface area contributed by atoms with Crippen LogP contribution in [0.25, 0.3) is 0 Å². The maximum Gasteiger partial charge on any atom is 0.0935 e. The van der Waals surface area contributed by atoms with Crippen LogP contribution in [0.3, 0.4) is 0 Å². The highest BCUT2D eigenvalue weighted by Crippen LogP contribution is 2.33. The first kappa shape index (κ1) is 15.7. The summed E-state index contributed by atoms with van der Waals surface area (Å²) in [6, 6.07) is 8.32. The summed E-state index contributed by atoms with van der Waals surface area (Å²) >= 11 is 29.6. The SMILES string of the molecule is Clc1cc(Cl)c(NN=Cc2ccc(Cl)c(Cl)c2)c(Cl)c1. The van der Waals surface area contributed by atoms with Gasteiger partial charge in [0.1, 0.15) is 0 Å². The molecule has 0 aromatic heterocycles. The number of nitrogens with one attached hydrogen (secondary N) is 1. The van der Waals surface area contributed by atoms with Gasteiger partial charge in [0.05, 0.1) is 32.0 Å². The van der Waals surface area contributed by atoms with Gasteiger partial charge in [-0.3, -0.25) is 5.43 Å².